The second-order valence-electron chi connectivity index (χ2n) is 14.9. The van der Waals surface area contributed by atoms with E-state index in [1.165, 1.54) is 18.3 Å². The predicted octanol–water partition coefficient (Wildman–Crippen LogP) is 6.80. The minimum Gasteiger partial charge on any atom is -0.466 e. The van der Waals surface area contributed by atoms with Crippen LogP contribution in [0.25, 0.3) is 0 Å². The smallest absolute Gasteiger partial charge is 0.308 e. The highest BCUT2D eigenvalue weighted by molar-refractivity contribution is 7.09. The maximum absolute atomic E-state index is 14.2. The zero-order valence-corrected chi connectivity index (χ0v) is 33.9. The molecule has 294 valence electrons. The fourth-order valence-corrected chi connectivity index (χ4v) is 8.11. The number of ether oxygens (including phenoxy) is 2. The van der Waals surface area contributed by atoms with Crippen molar-refractivity contribution < 1.29 is 33.4 Å². The third kappa shape index (κ3) is 13.6. The molecule has 0 spiro atoms. The second kappa shape index (κ2) is 21.9. The van der Waals surface area contributed by atoms with Gasteiger partial charge in [0.05, 0.1) is 18.6 Å². The molecule has 0 saturated carbocycles. The number of thiazole rings is 1. The molecule has 1 aromatic carbocycles. The van der Waals surface area contributed by atoms with E-state index in [2.05, 4.69) is 22.1 Å². The quantitative estimate of drug-likeness (QED) is 0.137. The number of Topliss-reactive ketones (excluding diaryl/α,β-unsaturated/α-hetero) is 1. The fraction of sp³-hybridized carbons (Fsp3) is 0.659. The van der Waals surface area contributed by atoms with Gasteiger partial charge in [0, 0.05) is 50.2 Å². The first-order valence-electron chi connectivity index (χ1n) is 19.4. The van der Waals surface area contributed by atoms with E-state index < -0.39 is 29.8 Å². The van der Waals surface area contributed by atoms with Crippen LogP contribution in [0.3, 0.4) is 0 Å². The Morgan fingerprint density at radius 3 is 2.40 bits per heavy atom. The lowest BCUT2D eigenvalue weighted by Crippen LogP contribution is -2.47. The first-order chi connectivity index (χ1) is 25.2. The average Bonchev–Trinajstić information content (AvgIpc) is 3.62. The zero-order chi connectivity index (χ0) is 39.1. The van der Waals surface area contributed by atoms with Gasteiger partial charge in [0.15, 0.2) is 11.9 Å². The molecule has 2 heterocycles. The van der Waals surface area contributed by atoms with E-state index in [9.17, 15) is 24.0 Å². The van der Waals surface area contributed by atoms with Crippen LogP contribution < -0.4 is 5.32 Å². The number of nitrogens with zero attached hydrogens (tertiary/aromatic N) is 3. The lowest BCUT2D eigenvalue weighted by Gasteiger charge is -2.36. The van der Waals surface area contributed by atoms with Crippen LogP contribution in [0.5, 0.6) is 0 Å². The highest BCUT2D eigenvalue weighted by Gasteiger charge is 2.36. The molecule has 0 bridgehead atoms. The highest BCUT2D eigenvalue weighted by atomic mass is 32.1. The SMILES string of the molecule is CCCC[C@H](CC(=O)[C@H]1CCCCN1C)C(=O)N(C)[C@H](C[C@@H](OC(C)=O)c1nc(C(=O)N[C@@H](Cc2ccccc2)C[C@H](C)C(=O)OCC)cs1)C(C)C. The number of likely N-dealkylation sites (N-methyl/N-ethyl adjacent to an activating group) is 1. The Morgan fingerprint density at radius 2 is 1.77 bits per heavy atom. The molecule has 1 N–H and O–H groups in total. The molecule has 2 aromatic rings. The van der Waals surface area contributed by atoms with Crippen molar-refractivity contribution in [3.63, 3.8) is 0 Å². The summed E-state index contributed by atoms with van der Waals surface area (Å²) in [6.07, 6.45) is 5.92. The van der Waals surface area contributed by atoms with Crippen molar-refractivity contribution in [2.75, 3.05) is 27.2 Å². The molecule has 2 amide bonds. The number of piperidine rings is 1. The molecule has 11 nitrogen and oxygen atoms in total. The fourth-order valence-electron chi connectivity index (χ4n) is 7.27. The van der Waals surface area contributed by atoms with Crippen molar-refractivity contribution in [3.05, 3.63) is 52.0 Å². The molecular weight excluding hydrogens is 693 g/mol. The van der Waals surface area contributed by atoms with E-state index in [1.54, 1.807) is 31.2 Å². The second-order valence-corrected chi connectivity index (χ2v) is 15.8. The number of nitrogens with one attached hydrogen (secondary N) is 1. The van der Waals surface area contributed by atoms with Crippen molar-refractivity contribution in [1.29, 1.82) is 0 Å². The molecule has 53 heavy (non-hydrogen) atoms. The number of rotatable bonds is 21. The van der Waals surface area contributed by atoms with Gasteiger partial charge >= 0.3 is 11.9 Å². The predicted molar refractivity (Wildman–Crippen MR) is 207 cm³/mol. The Bertz CT molecular complexity index is 1480. The van der Waals surface area contributed by atoms with Gasteiger partial charge in [0.2, 0.25) is 5.91 Å². The third-order valence-electron chi connectivity index (χ3n) is 10.2. The molecule has 1 saturated heterocycles. The van der Waals surface area contributed by atoms with Crippen LogP contribution in [0.1, 0.15) is 126 Å². The number of esters is 2. The number of hydrogen-bond donors (Lipinski definition) is 1. The first-order valence-corrected chi connectivity index (χ1v) is 20.3. The summed E-state index contributed by atoms with van der Waals surface area (Å²) in [5, 5.41) is 5.17. The number of ketones is 1. The summed E-state index contributed by atoms with van der Waals surface area (Å²) in [6, 6.07) is 8.90. The van der Waals surface area contributed by atoms with E-state index in [1.807, 2.05) is 51.2 Å². The minimum atomic E-state index is -0.794. The van der Waals surface area contributed by atoms with Crippen LogP contribution in [0.2, 0.25) is 0 Å². The van der Waals surface area contributed by atoms with Gasteiger partial charge in [-0.3, -0.25) is 28.9 Å². The van der Waals surface area contributed by atoms with Gasteiger partial charge in [-0.05, 0) is 64.1 Å². The van der Waals surface area contributed by atoms with Crippen molar-refractivity contribution in [3.8, 4) is 0 Å². The van der Waals surface area contributed by atoms with Crippen molar-refractivity contribution in [2.24, 2.45) is 17.8 Å². The maximum atomic E-state index is 14.2. The van der Waals surface area contributed by atoms with E-state index in [4.69, 9.17) is 9.47 Å². The van der Waals surface area contributed by atoms with Gasteiger partial charge in [-0.2, -0.15) is 0 Å². The Labute approximate surface area is 320 Å². The molecule has 1 aromatic heterocycles. The van der Waals surface area contributed by atoms with Gasteiger partial charge < -0.3 is 19.7 Å². The van der Waals surface area contributed by atoms with Gasteiger partial charge in [0.25, 0.3) is 5.91 Å². The van der Waals surface area contributed by atoms with Gasteiger partial charge in [-0.15, -0.1) is 11.3 Å². The van der Waals surface area contributed by atoms with E-state index in [-0.39, 0.29) is 66.8 Å². The number of hydrogen-bond acceptors (Lipinski definition) is 10. The molecule has 3 rings (SSSR count). The summed E-state index contributed by atoms with van der Waals surface area (Å²) in [6.45, 7) is 12.2. The Kier molecular flexibility index (Phi) is 18.1. The lowest BCUT2D eigenvalue weighted by atomic mass is 9.88. The van der Waals surface area contributed by atoms with Crippen LogP contribution in [-0.2, 0) is 35.1 Å². The number of carbonyl (C=O) groups excluding carboxylic acids is 5. The van der Waals surface area contributed by atoms with E-state index in [0.29, 0.717) is 24.3 Å². The highest BCUT2D eigenvalue weighted by Crippen LogP contribution is 2.32. The summed E-state index contributed by atoms with van der Waals surface area (Å²) in [4.78, 5) is 74.6. The first kappa shape index (κ1) is 43.8. The van der Waals surface area contributed by atoms with Gasteiger partial charge in [-0.25, -0.2) is 4.98 Å². The monoisotopic (exact) mass is 754 g/mol. The van der Waals surface area contributed by atoms with Crippen LogP contribution in [0.15, 0.2) is 35.7 Å². The number of benzene rings is 1. The molecule has 1 aliphatic rings. The molecule has 0 unspecified atom stereocenters. The van der Waals surface area contributed by atoms with Crippen molar-refractivity contribution >= 4 is 40.9 Å². The van der Waals surface area contributed by atoms with Crippen LogP contribution in [-0.4, -0.2) is 89.7 Å². The van der Waals surface area contributed by atoms with Crippen LogP contribution in [0.4, 0.5) is 0 Å². The molecule has 12 heteroatoms. The Balaban J connectivity index is 1.80. The number of likely N-dealkylation sites (tertiary alicyclic amines) is 1. The molecular formula is C41H62N4O7S. The third-order valence-corrected chi connectivity index (χ3v) is 11.2. The maximum Gasteiger partial charge on any atom is 0.308 e. The summed E-state index contributed by atoms with van der Waals surface area (Å²) < 4.78 is 11.0. The molecule has 0 radical (unpaired) electrons. The largest absolute Gasteiger partial charge is 0.466 e. The van der Waals surface area contributed by atoms with E-state index >= 15 is 0 Å². The topological polar surface area (TPSA) is 135 Å². The number of unbranched alkanes of at least 4 members (excludes halogenated alkanes) is 1. The Morgan fingerprint density at radius 1 is 1.06 bits per heavy atom. The normalized spacial score (nSPS) is 17.6. The minimum absolute atomic E-state index is 0.00289. The molecule has 1 aliphatic heterocycles. The Hall–Kier alpha value is -3.64. The van der Waals surface area contributed by atoms with Gasteiger partial charge in [-0.1, -0.05) is 77.3 Å². The van der Waals surface area contributed by atoms with Gasteiger partial charge in [0.1, 0.15) is 10.7 Å². The average molecular weight is 755 g/mol. The number of carbonyl (C=O) groups is 5. The molecule has 6 atom stereocenters. The summed E-state index contributed by atoms with van der Waals surface area (Å²) in [5.74, 6) is -2.02. The zero-order valence-electron chi connectivity index (χ0n) is 33.1. The van der Waals surface area contributed by atoms with Crippen molar-refractivity contribution in [1.82, 2.24) is 20.1 Å². The summed E-state index contributed by atoms with van der Waals surface area (Å²) in [5.41, 5.74) is 1.20. The number of aromatic nitrogens is 1. The summed E-state index contributed by atoms with van der Waals surface area (Å²) in [7, 11) is 3.77. The summed E-state index contributed by atoms with van der Waals surface area (Å²) >= 11 is 1.22. The lowest BCUT2D eigenvalue weighted by molar-refractivity contribution is -0.149. The van der Waals surface area contributed by atoms with Crippen molar-refractivity contribution in [2.45, 2.75) is 130 Å². The van der Waals surface area contributed by atoms with E-state index in [0.717, 1.165) is 44.2 Å². The number of amides is 2. The van der Waals surface area contributed by atoms with Crippen LogP contribution in [0, 0.1) is 17.8 Å². The molecule has 0 aliphatic carbocycles. The molecule has 1 fully saturated rings. The standard InChI is InChI=1S/C41H62N4O7S/c1-9-11-19-31(24-36(47)34-20-15-16-21-44(34)7)40(49)45(8)35(27(3)4)25-37(52-29(6)46)39-43-33(26-53-39)38(48)42-32(22-28(5)41(50)51-10-2)23-30-17-13-12-14-18-30/h12-14,17-18,26-28,31-32,34-35,37H,9-11,15-16,19-25H2,1-8H3,(H,42,48)/t28-,31+,32+,34+,35+,37+/m0/s1. The van der Waals surface area contributed by atoms with Crippen LogP contribution >= 0.6 is 11.3 Å².